The molecule has 1 heterocycles. The number of hydrogen-bond acceptors (Lipinski definition) is 7. The number of aliphatic hydroxyl groups is 2. The fourth-order valence-electron chi connectivity index (χ4n) is 8.82. The Morgan fingerprint density at radius 3 is 1.94 bits per heavy atom. The number of fused-ring (bicyclic) bond motifs is 1. The second-order valence-electron chi connectivity index (χ2n) is 20.3. The Kier molecular flexibility index (Phi) is 32.7. The second kappa shape index (κ2) is 36.0. The minimum atomic E-state index is -1.81. The van der Waals surface area contributed by atoms with Crippen molar-refractivity contribution < 1.29 is 28.1 Å². The average Bonchev–Trinajstić information content (AvgIpc) is 3.26. The highest BCUT2D eigenvalue weighted by molar-refractivity contribution is 8.24. The molecular formula is C58H103NO6S. The van der Waals surface area contributed by atoms with Gasteiger partial charge in [-0.2, -0.15) is 10.6 Å². The van der Waals surface area contributed by atoms with Gasteiger partial charge in [0.05, 0.1) is 19.8 Å². The summed E-state index contributed by atoms with van der Waals surface area (Å²) in [6, 6.07) is 2.23. The summed E-state index contributed by atoms with van der Waals surface area (Å²) in [4.78, 5) is 2.13. The van der Waals surface area contributed by atoms with E-state index >= 15 is 0 Å². The van der Waals surface area contributed by atoms with Crippen LogP contribution in [0.25, 0.3) is 0 Å². The van der Waals surface area contributed by atoms with E-state index < -0.39 is 10.6 Å². The van der Waals surface area contributed by atoms with Gasteiger partial charge in [-0.1, -0.05) is 118 Å². The van der Waals surface area contributed by atoms with Crippen molar-refractivity contribution >= 4 is 10.6 Å². The van der Waals surface area contributed by atoms with Crippen molar-refractivity contribution in [3.05, 3.63) is 69.9 Å². The van der Waals surface area contributed by atoms with Gasteiger partial charge in [-0.3, -0.25) is 9.08 Å². The van der Waals surface area contributed by atoms with Crippen LogP contribution in [0, 0.1) is 13.8 Å². The molecule has 382 valence electrons. The maximum atomic E-state index is 9.31. The molecule has 2 atom stereocenters. The fourth-order valence-corrected chi connectivity index (χ4v) is 10.0. The first-order valence-electron chi connectivity index (χ1n) is 26.8. The predicted octanol–water partition coefficient (Wildman–Crippen LogP) is 16.1. The standard InChI is InChI=1S/C58H103NO6S/c1-11-12-13-14-15-16-17-18-19-20-21-22-23-24-27-38-56(65-66(9,10)62-47-29-26-25-28-42-59(43-45-60)44-46-61)63-55-48-54-39-41-58(8,64-57(54)53(7)52(55)6)40-32-37-51(5)36-31-35-50(4)34-30-33-49(2)3/h18-19,33,35,37,48,56,60-61H,11-17,20-32,34,36,38-47H2,1-10H3/b19-18-,50-35+,51-37+. The quantitative estimate of drug-likeness (QED) is 0.0385. The number of benzene rings is 1. The van der Waals surface area contributed by atoms with E-state index in [1.165, 1.54) is 105 Å². The van der Waals surface area contributed by atoms with Gasteiger partial charge in [0.2, 0.25) is 6.29 Å². The maximum absolute atomic E-state index is 9.31. The summed E-state index contributed by atoms with van der Waals surface area (Å²) in [5, 5.41) is 18.6. The van der Waals surface area contributed by atoms with Crippen LogP contribution in [-0.4, -0.2) is 79.0 Å². The molecule has 0 saturated heterocycles. The summed E-state index contributed by atoms with van der Waals surface area (Å²) >= 11 is 0. The molecule has 0 aliphatic carbocycles. The summed E-state index contributed by atoms with van der Waals surface area (Å²) < 4.78 is 27.1. The monoisotopic (exact) mass is 942 g/mol. The zero-order valence-electron chi connectivity index (χ0n) is 44.6. The van der Waals surface area contributed by atoms with Crippen LogP contribution in [-0.2, 0) is 14.8 Å². The lowest BCUT2D eigenvalue weighted by molar-refractivity contribution is -0.00136. The number of nitrogens with zero attached hydrogens (tertiary/aromatic N) is 1. The van der Waals surface area contributed by atoms with Gasteiger partial charge in [-0.25, -0.2) is 4.18 Å². The Labute approximate surface area is 409 Å². The van der Waals surface area contributed by atoms with Gasteiger partial charge in [0, 0.05) is 32.0 Å². The lowest BCUT2D eigenvalue weighted by Gasteiger charge is -2.39. The zero-order chi connectivity index (χ0) is 48.5. The molecule has 1 aromatic rings. The fraction of sp³-hybridized carbons (Fsp3) is 0.759. The molecule has 7 nitrogen and oxygen atoms in total. The second-order valence-corrected chi connectivity index (χ2v) is 23.1. The maximum Gasteiger partial charge on any atom is 0.220 e. The van der Waals surface area contributed by atoms with Gasteiger partial charge in [-0.15, -0.1) is 0 Å². The highest BCUT2D eigenvalue weighted by atomic mass is 32.3. The molecule has 0 fully saturated rings. The van der Waals surface area contributed by atoms with Crippen LogP contribution in [0.15, 0.2) is 53.2 Å². The number of ether oxygens (including phenoxy) is 2. The SMILES string of the molecule is CCCCCCCC/C=C\CCCCCCCC(Oc1cc2c(c(C)c1C)OC(C)(CC/C=C(\C)CC/C=C(\C)CCC=C(C)C)CC2)OS(C)(C)OCCCCCCN(CCO)CCO. The Bertz CT molecular complexity index is 1540. The first-order chi connectivity index (χ1) is 31.7. The number of rotatable bonds is 40. The van der Waals surface area contributed by atoms with E-state index in [2.05, 4.69) is 109 Å². The van der Waals surface area contributed by atoms with Crippen LogP contribution in [0.3, 0.4) is 0 Å². The molecule has 0 amide bonds. The molecule has 0 bridgehead atoms. The molecule has 2 unspecified atom stereocenters. The van der Waals surface area contributed by atoms with E-state index in [9.17, 15) is 10.2 Å². The van der Waals surface area contributed by atoms with Crippen molar-refractivity contribution in [3.63, 3.8) is 0 Å². The minimum absolute atomic E-state index is 0.127. The lowest BCUT2D eigenvalue weighted by atomic mass is 9.86. The van der Waals surface area contributed by atoms with Gasteiger partial charge in [-0.05, 0) is 174 Å². The summed E-state index contributed by atoms with van der Waals surface area (Å²) in [6.45, 7) is 20.9. The van der Waals surface area contributed by atoms with Crippen molar-refractivity contribution in [2.75, 3.05) is 52.0 Å². The van der Waals surface area contributed by atoms with Crippen molar-refractivity contribution in [3.8, 4) is 11.5 Å². The van der Waals surface area contributed by atoms with Gasteiger partial charge >= 0.3 is 0 Å². The van der Waals surface area contributed by atoms with E-state index in [0.717, 1.165) is 113 Å². The molecule has 1 aliphatic rings. The Hall–Kier alpha value is -2.07. The first kappa shape index (κ1) is 60.1. The van der Waals surface area contributed by atoms with Crippen molar-refractivity contribution in [2.45, 2.75) is 234 Å². The Morgan fingerprint density at radius 2 is 1.30 bits per heavy atom. The van der Waals surface area contributed by atoms with E-state index in [1.807, 2.05) is 0 Å². The number of allylic oxidation sites excluding steroid dienone is 8. The largest absolute Gasteiger partial charge is 0.487 e. The molecule has 1 aromatic carbocycles. The van der Waals surface area contributed by atoms with Crippen LogP contribution < -0.4 is 9.47 Å². The van der Waals surface area contributed by atoms with Crippen LogP contribution in [0.1, 0.15) is 219 Å². The molecule has 1 aliphatic heterocycles. The molecule has 0 saturated carbocycles. The van der Waals surface area contributed by atoms with Gasteiger partial charge in [0.1, 0.15) is 17.1 Å². The Morgan fingerprint density at radius 1 is 0.727 bits per heavy atom. The third kappa shape index (κ3) is 27.8. The number of aliphatic hydroxyl groups excluding tert-OH is 2. The summed E-state index contributed by atoms with van der Waals surface area (Å²) in [5.74, 6) is 1.95. The minimum Gasteiger partial charge on any atom is -0.487 e. The first-order valence-corrected chi connectivity index (χ1v) is 29.1. The molecule has 66 heavy (non-hydrogen) atoms. The topological polar surface area (TPSA) is 80.6 Å². The van der Waals surface area contributed by atoms with Gasteiger partial charge in [0.15, 0.2) is 0 Å². The third-order valence-electron chi connectivity index (χ3n) is 13.3. The molecule has 0 radical (unpaired) electrons. The lowest BCUT2D eigenvalue weighted by Crippen LogP contribution is -2.36. The Balaban J connectivity index is 1.99. The van der Waals surface area contributed by atoms with Gasteiger partial charge in [0.25, 0.3) is 0 Å². The van der Waals surface area contributed by atoms with E-state index in [4.69, 9.17) is 17.8 Å². The highest BCUT2D eigenvalue weighted by Gasteiger charge is 2.33. The third-order valence-corrected chi connectivity index (χ3v) is 14.7. The number of unbranched alkanes of at least 4 members (excludes halogenated alkanes) is 14. The van der Waals surface area contributed by atoms with Crippen LogP contribution >= 0.6 is 10.6 Å². The van der Waals surface area contributed by atoms with E-state index in [-0.39, 0.29) is 25.1 Å². The van der Waals surface area contributed by atoms with Crippen molar-refractivity contribution in [2.24, 2.45) is 0 Å². The molecular weight excluding hydrogens is 839 g/mol. The highest BCUT2D eigenvalue weighted by Crippen LogP contribution is 2.47. The van der Waals surface area contributed by atoms with Crippen LogP contribution in [0.5, 0.6) is 11.5 Å². The zero-order valence-corrected chi connectivity index (χ0v) is 45.4. The van der Waals surface area contributed by atoms with Crippen LogP contribution in [0.4, 0.5) is 0 Å². The van der Waals surface area contributed by atoms with Crippen molar-refractivity contribution in [1.82, 2.24) is 4.90 Å². The van der Waals surface area contributed by atoms with E-state index in [0.29, 0.717) is 19.7 Å². The summed E-state index contributed by atoms with van der Waals surface area (Å²) in [6.07, 6.45) is 46.0. The number of hydrogen-bond donors (Lipinski definition) is 2. The van der Waals surface area contributed by atoms with Gasteiger partial charge < -0.3 is 19.7 Å². The summed E-state index contributed by atoms with van der Waals surface area (Å²) in [5.41, 5.74) is 7.72. The molecule has 2 rings (SSSR count). The molecule has 2 N–H and O–H groups in total. The smallest absolute Gasteiger partial charge is 0.220 e. The number of aryl methyl sites for hydroxylation is 1. The van der Waals surface area contributed by atoms with Crippen LogP contribution in [0.2, 0.25) is 0 Å². The molecule has 8 heteroatoms. The summed E-state index contributed by atoms with van der Waals surface area (Å²) in [7, 11) is -1.81. The predicted molar refractivity (Wildman–Crippen MR) is 287 cm³/mol. The normalized spacial score (nSPS) is 16.5. The van der Waals surface area contributed by atoms with Crippen molar-refractivity contribution in [1.29, 1.82) is 0 Å². The average molecular weight is 943 g/mol. The van der Waals surface area contributed by atoms with E-state index in [1.54, 1.807) is 0 Å². The molecule has 0 aromatic heterocycles. The molecule has 0 spiro atoms.